The van der Waals surface area contributed by atoms with Crippen LogP contribution in [0.2, 0.25) is 5.02 Å². The standard InChI is InChI=1S/C23H26ClN3/c24-20-8-6-17(7-9-20)18(15-25)16-27-12-11-23(10-2-5-22(27)14-23)19-3-1-4-21(26)13-19/h1,3-4,6-9,13,18,22H,2,5,10-12,14,16,26H2. The zero-order valence-corrected chi connectivity index (χ0v) is 16.3. The Morgan fingerprint density at radius 3 is 2.78 bits per heavy atom. The van der Waals surface area contributed by atoms with Gasteiger partial charge in [-0.1, -0.05) is 42.3 Å². The Hall–Kier alpha value is -2.02. The average Bonchev–Trinajstić information content (AvgIpc) is 2.69. The number of benzene rings is 2. The van der Waals surface area contributed by atoms with E-state index in [0.29, 0.717) is 11.1 Å². The molecular formula is C23H26ClN3. The highest BCUT2D eigenvalue weighted by molar-refractivity contribution is 6.30. The molecule has 1 heterocycles. The van der Waals surface area contributed by atoms with Crippen molar-refractivity contribution in [3.05, 3.63) is 64.7 Å². The predicted molar refractivity (Wildman–Crippen MR) is 111 cm³/mol. The van der Waals surface area contributed by atoms with E-state index < -0.39 is 0 Å². The second kappa shape index (κ2) is 7.54. The Kier molecular flexibility index (Phi) is 5.12. The number of halogens is 1. The van der Waals surface area contributed by atoms with Crippen LogP contribution in [0.5, 0.6) is 0 Å². The molecule has 4 rings (SSSR count). The lowest BCUT2D eigenvalue weighted by atomic mass is 9.63. The largest absolute Gasteiger partial charge is 0.399 e. The summed E-state index contributed by atoms with van der Waals surface area (Å²) in [6.45, 7) is 1.85. The highest BCUT2D eigenvalue weighted by atomic mass is 35.5. The summed E-state index contributed by atoms with van der Waals surface area (Å²) in [5.74, 6) is -0.107. The minimum absolute atomic E-state index is 0.107. The maximum Gasteiger partial charge on any atom is 0.0839 e. The first-order valence-corrected chi connectivity index (χ1v) is 10.2. The monoisotopic (exact) mass is 379 g/mol. The molecule has 2 N–H and O–H groups in total. The fourth-order valence-corrected chi connectivity index (χ4v) is 5.20. The van der Waals surface area contributed by atoms with Gasteiger partial charge < -0.3 is 5.73 Å². The molecule has 0 aromatic heterocycles. The van der Waals surface area contributed by atoms with Gasteiger partial charge in [-0.2, -0.15) is 5.26 Å². The molecule has 27 heavy (non-hydrogen) atoms. The van der Waals surface area contributed by atoms with Gasteiger partial charge in [0.2, 0.25) is 0 Å². The van der Waals surface area contributed by atoms with Crippen molar-refractivity contribution in [3.63, 3.8) is 0 Å². The summed E-state index contributed by atoms with van der Waals surface area (Å²) in [5, 5.41) is 10.5. The number of hydrogen-bond donors (Lipinski definition) is 1. The Morgan fingerprint density at radius 2 is 2.04 bits per heavy atom. The smallest absolute Gasteiger partial charge is 0.0839 e. The summed E-state index contributed by atoms with van der Waals surface area (Å²) in [5.41, 5.74) is 9.65. The lowest BCUT2D eigenvalue weighted by Crippen LogP contribution is -2.52. The highest BCUT2D eigenvalue weighted by Gasteiger charge is 2.44. The van der Waals surface area contributed by atoms with E-state index in [1.165, 1.54) is 31.2 Å². The molecule has 3 unspecified atom stereocenters. The quantitative estimate of drug-likeness (QED) is 0.750. The van der Waals surface area contributed by atoms with E-state index in [2.05, 4.69) is 29.2 Å². The number of hydrogen-bond acceptors (Lipinski definition) is 3. The molecule has 2 aliphatic rings. The van der Waals surface area contributed by atoms with Crippen molar-refractivity contribution < 1.29 is 0 Å². The van der Waals surface area contributed by atoms with E-state index in [-0.39, 0.29) is 11.3 Å². The third-order valence-electron chi connectivity index (χ3n) is 6.56. The SMILES string of the molecule is N#CC(CN1CCC2(c3cccc(N)c3)CCCC1C2)c1ccc(Cl)cc1. The lowest BCUT2D eigenvalue weighted by Gasteiger charge is -2.51. The van der Waals surface area contributed by atoms with Crippen LogP contribution in [0.1, 0.15) is 49.1 Å². The molecule has 2 fully saturated rings. The first kappa shape index (κ1) is 18.3. The maximum absolute atomic E-state index is 9.74. The van der Waals surface area contributed by atoms with Crippen LogP contribution >= 0.6 is 11.6 Å². The molecule has 1 aliphatic heterocycles. The Labute approximate surface area is 166 Å². The van der Waals surface area contributed by atoms with E-state index in [0.717, 1.165) is 30.8 Å². The van der Waals surface area contributed by atoms with Crippen LogP contribution in [-0.4, -0.2) is 24.0 Å². The molecule has 3 atom stereocenters. The van der Waals surface area contributed by atoms with Gasteiger partial charge in [0.05, 0.1) is 12.0 Å². The number of nitrogens with zero attached hydrogens (tertiary/aromatic N) is 2. The minimum Gasteiger partial charge on any atom is -0.399 e. The van der Waals surface area contributed by atoms with Crippen LogP contribution in [0.15, 0.2) is 48.5 Å². The number of likely N-dealkylation sites (tertiary alicyclic amines) is 1. The minimum atomic E-state index is -0.107. The van der Waals surface area contributed by atoms with Crippen molar-refractivity contribution in [2.75, 3.05) is 18.8 Å². The Balaban J connectivity index is 1.51. The van der Waals surface area contributed by atoms with Gasteiger partial charge in [-0.05, 0) is 73.0 Å². The molecule has 1 saturated heterocycles. The molecule has 2 bridgehead atoms. The summed E-state index contributed by atoms with van der Waals surface area (Å²) >= 11 is 6.00. The van der Waals surface area contributed by atoms with Gasteiger partial charge in [0.1, 0.15) is 0 Å². The molecule has 0 amide bonds. The second-order valence-corrected chi connectivity index (χ2v) is 8.57. The van der Waals surface area contributed by atoms with E-state index in [4.69, 9.17) is 17.3 Å². The maximum atomic E-state index is 9.74. The zero-order chi connectivity index (χ0) is 18.9. The molecule has 0 radical (unpaired) electrons. The number of rotatable bonds is 4. The van der Waals surface area contributed by atoms with Crippen LogP contribution in [0, 0.1) is 11.3 Å². The number of fused-ring (bicyclic) bond motifs is 2. The molecule has 140 valence electrons. The summed E-state index contributed by atoms with van der Waals surface area (Å²) in [7, 11) is 0. The fourth-order valence-electron chi connectivity index (χ4n) is 5.08. The van der Waals surface area contributed by atoms with Gasteiger partial charge in [-0.25, -0.2) is 0 Å². The van der Waals surface area contributed by atoms with Crippen LogP contribution in [0.3, 0.4) is 0 Å². The van der Waals surface area contributed by atoms with Gasteiger partial charge in [0, 0.05) is 23.3 Å². The first-order chi connectivity index (χ1) is 13.1. The predicted octanol–water partition coefficient (Wildman–Crippen LogP) is 5.12. The van der Waals surface area contributed by atoms with E-state index >= 15 is 0 Å². The van der Waals surface area contributed by atoms with E-state index in [1.54, 1.807) is 0 Å². The summed E-state index contributed by atoms with van der Waals surface area (Å²) in [4.78, 5) is 2.55. The molecule has 1 aliphatic carbocycles. The molecule has 3 nitrogen and oxygen atoms in total. The fraction of sp³-hybridized carbons (Fsp3) is 0.435. The van der Waals surface area contributed by atoms with E-state index in [9.17, 15) is 5.26 Å². The number of anilines is 1. The zero-order valence-electron chi connectivity index (χ0n) is 15.6. The van der Waals surface area contributed by atoms with Crippen LogP contribution in [0.25, 0.3) is 0 Å². The van der Waals surface area contributed by atoms with Crippen molar-refractivity contribution in [1.29, 1.82) is 5.26 Å². The summed E-state index contributed by atoms with van der Waals surface area (Å²) < 4.78 is 0. The normalized spacial score (nSPS) is 26.3. The van der Waals surface area contributed by atoms with Crippen molar-refractivity contribution in [1.82, 2.24) is 4.90 Å². The van der Waals surface area contributed by atoms with Crippen LogP contribution in [-0.2, 0) is 5.41 Å². The van der Waals surface area contributed by atoms with Gasteiger partial charge in [0.15, 0.2) is 0 Å². The van der Waals surface area contributed by atoms with E-state index in [1.807, 2.05) is 30.3 Å². The summed E-state index contributed by atoms with van der Waals surface area (Å²) in [6.07, 6.45) is 6.04. The number of piperidine rings is 1. The topological polar surface area (TPSA) is 53.0 Å². The number of nitriles is 1. The highest BCUT2D eigenvalue weighted by Crippen LogP contribution is 2.47. The van der Waals surface area contributed by atoms with Gasteiger partial charge in [0.25, 0.3) is 0 Å². The molecule has 2 aromatic carbocycles. The average molecular weight is 380 g/mol. The Morgan fingerprint density at radius 1 is 1.22 bits per heavy atom. The molecule has 0 spiro atoms. The molecular weight excluding hydrogens is 354 g/mol. The number of nitrogen functional groups attached to an aromatic ring is 1. The third kappa shape index (κ3) is 3.70. The van der Waals surface area contributed by atoms with Crippen molar-refractivity contribution in [2.24, 2.45) is 0 Å². The van der Waals surface area contributed by atoms with Gasteiger partial charge >= 0.3 is 0 Å². The first-order valence-electron chi connectivity index (χ1n) is 9.85. The Bertz CT molecular complexity index is 841. The second-order valence-electron chi connectivity index (χ2n) is 8.13. The van der Waals surface area contributed by atoms with Gasteiger partial charge in [-0.3, -0.25) is 4.90 Å². The summed E-state index contributed by atoms with van der Waals surface area (Å²) in [6, 6.07) is 19.3. The van der Waals surface area contributed by atoms with Crippen molar-refractivity contribution in [2.45, 2.75) is 49.5 Å². The van der Waals surface area contributed by atoms with Crippen LogP contribution < -0.4 is 5.73 Å². The lowest BCUT2D eigenvalue weighted by molar-refractivity contribution is 0.0502. The molecule has 4 heteroatoms. The van der Waals surface area contributed by atoms with Gasteiger partial charge in [-0.15, -0.1) is 0 Å². The molecule has 1 saturated carbocycles. The molecule has 2 aromatic rings. The van der Waals surface area contributed by atoms with Crippen molar-refractivity contribution in [3.8, 4) is 6.07 Å². The van der Waals surface area contributed by atoms with Crippen LogP contribution in [0.4, 0.5) is 5.69 Å². The number of nitrogens with two attached hydrogens (primary N) is 1. The van der Waals surface area contributed by atoms with Crippen molar-refractivity contribution >= 4 is 17.3 Å². The third-order valence-corrected chi connectivity index (χ3v) is 6.81.